The van der Waals surface area contributed by atoms with Crippen molar-refractivity contribution in [2.75, 3.05) is 16.8 Å². The van der Waals surface area contributed by atoms with Gasteiger partial charge in [-0.3, -0.25) is 10.2 Å². The summed E-state index contributed by atoms with van der Waals surface area (Å²) in [6.45, 7) is 0.623. The minimum absolute atomic E-state index is 0.215. The summed E-state index contributed by atoms with van der Waals surface area (Å²) in [6.07, 6.45) is 4.52. The molecule has 1 N–H and O–H groups in total. The summed E-state index contributed by atoms with van der Waals surface area (Å²) < 4.78 is 0. The molecule has 0 saturated carbocycles. The minimum atomic E-state index is -0.215. The van der Waals surface area contributed by atoms with Gasteiger partial charge in [0, 0.05) is 23.3 Å². The number of rotatable bonds is 2. The zero-order valence-corrected chi connectivity index (χ0v) is 15.5. The second kappa shape index (κ2) is 7.76. The number of hydrogen-bond acceptors (Lipinski definition) is 3. The van der Waals surface area contributed by atoms with E-state index in [1.54, 1.807) is 17.2 Å². The third-order valence-electron chi connectivity index (χ3n) is 4.55. The Labute approximate surface area is 163 Å². The molecule has 2 amide bonds. The molecule has 0 spiro atoms. The van der Waals surface area contributed by atoms with E-state index in [4.69, 9.17) is 16.6 Å². The average Bonchev–Trinajstić information content (AvgIpc) is 2.90. The van der Waals surface area contributed by atoms with Crippen LogP contribution in [-0.2, 0) is 6.42 Å². The van der Waals surface area contributed by atoms with E-state index < -0.39 is 0 Å². The molecule has 0 bridgehead atoms. The first-order valence-electron chi connectivity index (χ1n) is 8.96. The number of aryl methyl sites for hydroxylation is 1. The molecule has 1 aromatic carbocycles. The van der Waals surface area contributed by atoms with Crippen molar-refractivity contribution in [3.8, 4) is 11.3 Å². The number of nitrogens with zero attached hydrogens (tertiary/aromatic N) is 3. The molecule has 0 unspecified atom stereocenters. The molecule has 6 heteroatoms. The number of amides is 2. The number of carbonyl (C=O) groups excluding carboxylic acids is 1. The number of aromatic nitrogens is 2. The molecule has 0 atom stereocenters. The van der Waals surface area contributed by atoms with Gasteiger partial charge in [0.1, 0.15) is 11.6 Å². The quantitative estimate of drug-likeness (QED) is 0.669. The third kappa shape index (κ3) is 3.93. The molecule has 136 valence electrons. The van der Waals surface area contributed by atoms with Gasteiger partial charge in [0.05, 0.1) is 5.69 Å². The van der Waals surface area contributed by atoms with Crippen LogP contribution in [0.2, 0.25) is 5.02 Å². The largest absolute Gasteiger partial charge is 0.328 e. The Kier molecular flexibility index (Phi) is 5.03. The molecule has 0 radical (unpaired) electrons. The van der Waals surface area contributed by atoms with Gasteiger partial charge >= 0.3 is 6.03 Å². The van der Waals surface area contributed by atoms with Gasteiger partial charge in [-0.05, 0) is 55.2 Å². The van der Waals surface area contributed by atoms with Gasteiger partial charge in [-0.1, -0.05) is 35.9 Å². The van der Waals surface area contributed by atoms with Gasteiger partial charge in [-0.2, -0.15) is 0 Å². The molecule has 0 saturated heterocycles. The van der Waals surface area contributed by atoms with Crippen molar-refractivity contribution < 1.29 is 4.79 Å². The number of pyridine rings is 2. The van der Waals surface area contributed by atoms with Crippen LogP contribution in [-0.4, -0.2) is 22.5 Å². The van der Waals surface area contributed by atoms with Crippen molar-refractivity contribution in [2.24, 2.45) is 0 Å². The lowest BCUT2D eigenvalue weighted by molar-refractivity contribution is 0.256. The summed E-state index contributed by atoms with van der Waals surface area (Å²) in [4.78, 5) is 23.6. The Balaban J connectivity index is 1.69. The van der Waals surface area contributed by atoms with Crippen molar-refractivity contribution in [3.63, 3.8) is 0 Å². The number of carbonyl (C=O) groups is 1. The van der Waals surface area contributed by atoms with E-state index in [2.05, 4.69) is 16.4 Å². The first-order valence-corrected chi connectivity index (χ1v) is 9.34. The minimum Gasteiger partial charge on any atom is -0.292 e. The monoisotopic (exact) mass is 378 g/mol. The second-order valence-electron chi connectivity index (χ2n) is 6.44. The zero-order valence-electron chi connectivity index (χ0n) is 14.7. The van der Waals surface area contributed by atoms with Crippen LogP contribution >= 0.6 is 11.6 Å². The number of halogens is 1. The van der Waals surface area contributed by atoms with Crippen LogP contribution in [0.15, 0.2) is 60.8 Å². The maximum absolute atomic E-state index is 12.9. The molecule has 0 fully saturated rings. The first-order chi connectivity index (χ1) is 13.2. The number of urea groups is 1. The van der Waals surface area contributed by atoms with Crippen LogP contribution in [0.25, 0.3) is 11.3 Å². The molecular weight excluding hydrogens is 360 g/mol. The van der Waals surface area contributed by atoms with Crippen LogP contribution in [0.4, 0.5) is 16.4 Å². The van der Waals surface area contributed by atoms with E-state index >= 15 is 0 Å². The summed E-state index contributed by atoms with van der Waals surface area (Å²) in [7, 11) is 0. The summed E-state index contributed by atoms with van der Waals surface area (Å²) in [5, 5.41) is 3.52. The van der Waals surface area contributed by atoms with E-state index in [1.807, 2.05) is 42.5 Å². The maximum Gasteiger partial charge on any atom is 0.328 e. The van der Waals surface area contributed by atoms with Crippen molar-refractivity contribution in [1.82, 2.24) is 9.97 Å². The SMILES string of the molecule is O=C(Nc1ccccn1)N1CCCCc2ccc(-c3cccc(Cl)c3)nc21. The second-order valence-corrected chi connectivity index (χ2v) is 6.88. The number of nitrogens with one attached hydrogen (secondary N) is 1. The predicted molar refractivity (Wildman–Crippen MR) is 108 cm³/mol. The fourth-order valence-corrected chi connectivity index (χ4v) is 3.41. The number of fused-ring (bicyclic) bond motifs is 1. The van der Waals surface area contributed by atoms with Crippen LogP contribution in [0.1, 0.15) is 18.4 Å². The standard InChI is InChI=1S/C21H19ClN4O/c22-17-8-5-7-16(14-17)18-11-10-15-6-2-4-13-26(20(15)24-18)21(27)25-19-9-1-3-12-23-19/h1,3,5,7-12,14H,2,4,6,13H2,(H,23,25,27). The molecule has 3 aromatic rings. The fourth-order valence-electron chi connectivity index (χ4n) is 3.22. The molecule has 4 rings (SSSR count). The Morgan fingerprint density at radius 3 is 2.81 bits per heavy atom. The summed E-state index contributed by atoms with van der Waals surface area (Å²) >= 11 is 6.12. The van der Waals surface area contributed by atoms with Crippen LogP contribution in [0.3, 0.4) is 0 Å². The lowest BCUT2D eigenvalue weighted by Crippen LogP contribution is -2.36. The molecule has 0 aliphatic carbocycles. The predicted octanol–water partition coefficient (Wildman–Crippen LogP) is 5.17. The molecule has 5 nitrogen and oxygen atoms in total. The van der Waals surface area contributed by atoms with Gasteiger partial charge < -0.3 is 0 Å². The number of benzene rings is 1. The lowest BCUT2D eigenvalue weighted by Gasteiger charge is -2.22. The van der Waals surface area contributed by atoms with Crippen LogP contribution in [0, 0.1) is 0 Å². The molecule has 3 heterocycles. The first kappa shape index (κ1) is 17.5. The van der Waals surface area contributed by atoms with Crippen molar-refractivity contribution in [2.45, 2.75) is 19.3 Å². The Morgan fingerprint density at radius 1 is 1.07 bits per heavy atom. The van der Waals surface area contributed by atoms with E-state index in [1.165, 1.54) is 0 Å². The normalized spacial score (nSPS) is 13.6. The summed E-state index contributed by atoms with van der Waals surface area (Å²) in [5.41, 5.74) is 2.81. The lowest BCUT2D eigenvalue weighted by atomic mass is 10.1. The van der Waals surface area contributed by atoms with E-state index in [0.29, 0.717) is 23.2 Å². The Morgan fingerprint density at radius 2 is 2.00 bits per heavy atom. The highest BCUT2D eigenvalue weighted by Gasteiger charge is 2.23. The topological polar surface area (TPSA) is 58.1 Å². The van der Waals surface area contributed by atoms with Gasteiger partial charge in [0.2, 0.25) is 0 Å². The summed E-state index contributed by atoms with van der Waals surface area (Å²) in [5.74, 6) is 1.23. The van der Waals surface area contributed by atoms with Gasteiger partial charge in [-0.15, -0.1) is 0 Å². The van der Waals surface area contributed by atoms with E-state index in [-0.39, 0.29) is 6.03 Å². The van der Waals surface area contributed by atoms with Crippen LogP contribution in [0.5, 0.6) is 0 Å². The molecular formula is C21H19ClN4O. The van der Waals surface area contributed by atoms with Gasteiger partial charge in [-0.25, -0.2) is 14.8 Å². The number of anilines is 2. The average molecular weight is 379 g/mol. The third-order valence-corrected chi connectivity index (χ3v) is 4.79. The Bertz CT molecular complexity index is 961. The molecule has 27 heavy (non-hydrogen) atoms. The highest BCUT2D eigenvalue weighted by Crippen LogP contribution is 2.29. The van der Waals surface area contributed by atoms with E-state index in [9.17, 15) is 4.79 Å². The fraction of sp³-hybridized carbons (Fsp3) is 0.190. The number of hydrogen-bond donors (Lipinski definition) is 1. The van der Waals surface area contributed by atoms with Crippen LogP contribution < -0.4 is 10.2 Å². The highest BCUT2D eigenvalue weighted by atomic mass is 35.5. The zero-order chi connectivity index (χ0) is 18.6. The van der Waals surface area contributed by atoms with E-state index in [0.717, 1.165) is 36.1 Å². The maximum atomic E-state index is 12.9. The molecule has 2 aromatic heterocycles. The van der Waals surface area contributed by atoms with Gasteiger partial charge in [0.15, 0.2) is 0 Å². The van der Waals surface area contributed by atoms with Gasteiger partial charge in [0.25, 0.3) is 0 Å². The van der Waals surface area contributed by atoms with Crippen molar-refractivity contribution >= 4 is 29.3 Å². The molecule has 1 aliphatic rings. The highest BCUT2D eigenvalue weighted by molar-refractivity contribution is 6.30. The summed E-state index contributed by atoms with van der Waals surface area (Å²) in [6, 6.07) is 16.8. The smallest absolute Gasteiger partial charge is 0.292 e. The Hall–Kier alpha value is -2.92. The van der Waals surface area contributed by atoms with Crippen molar-refractivity contribution in [1.29, 1.82) is 0 Å². The molecule has 1 aliphatic heterocycles. The van der Waals surface area contributed by atoms with Crippen molar-refractivity contribution in [3.05, 3.63) is 71.4 Å².